The third-order valence-corrected chi connectivity index (χ3v) is 6.77. The number of benzene rings is 2. The Labute approximate surface area is 151 Å². The first-order valence-corrected chi connectivity index (χ1v) is 10.1. The highest BCUT2D eigenvalue weighted by Crippen LogP contribution is 2.38. The standard InChI is InChI=1S/C17H13N3OS3/c1-9-4-3-5-10(8-9)15(21)20-16-18-11-6-7-12-14(13(11)23-16)24-17(19-12)22-2/h3-8H,1-2H3,(H,18,20,21). The third-order valence-electron chi connectivity index (χ3n) is 3.57. The summed E-state index contributed by atoms with van der Waals surface area (Å²) in [6.07, 6.45) is 2.02. The van der Waals surface area contributed by atoms with Gasteiger partial charge in [-0.3, -0.25) is 10.1 Å². The maximum absolute atomic E-state index is 12.4. The van der Waals surface area contributed by atoms with Crippen LogP contribution in [0.15, 0.2) is 40.7 Å². The molecule has 4 aromatic rings. The maximum Gasteiger partial charge on any atom is 0.257 e. The number of nitrogens with one attached hydrogen (secondary N) is 1. The van der Waals surface area contributed by atoms with Gasteiger partial charge >= 0.3 is 0 Å². The molecule has 0 atom stereocenters. The molecule has 24 heavy (non-hydrogen) atoms. The summed E-state index contributed by atoms with van der Waals surface area (Å²) in [4.78, 5) is 21.5. The van der Waals surface area contributed by atoms with Crippen molar-refractivity contribution in [2.45, 2.75) is 11.3 Å². The van der Waals surface area contributed by atoms with Gasteiger partial charge in [-0.1, -0.05) is 40.8 Å². The molecule has 0 bridgehead atoms. The molecule has 1 N–H and O–H groups in total. The van der Waals surface area contributed by atoms with Crippen LogP contribution < -0.4 is 5.32 Å². The first kappa shape index (κ1) is 15.6. The lowest BCUT2D eigenvalue weighted by Crippen LogP contribution is -2.11. The molecule has 0 radical (unpaired) electrons. The van der Waals surface area contributed by atoms with E-state index in [0.717, 1.165) is 30.3 Å². The van der Waals surface area contributed by atoms with Crippen molar-refractivity contribution in [1.29, 1.82) is 0 Å². The first-order valence-electron chi connectivity index (χ1n) is 7.26. The average molecular weight is 372 g/mol. The molecule has 0 spiro atoms. The monoisotopic (exact) mass is 371 g/mol. The Bertz CT molecular complexity index is 1070. The first-order chi connectivity index (χ1) is 11.6. The summed E-state index contributed by atoms with van der Waals surface area (Å²) in [5.41, 5.74) is 3.57. The largest absolute Gasteiger partial charge is 0.298 e. The molecule has 1 amide bonds. The van der Waals surface area contributed by atoms with Crippen molar-refractivity contribution in [2.75, 3.05) is 11.6 Å². The fourth-order valence-corrected chi connectivity index (χ4v) is 5.10. The normalized spacial score (nSPS) is 11.2. The summed E-state index contributed by atoms with van der Waals surface area (Å²) in [6.45, 7) is 1.97. The van der Waals surface area contributed by atoms with Gasteiger partial charge in [-0.25, -0.2) is 9.97 Å². The second-order valence-corrected chi connectivity index (χ2v) is 8.34. The minimum atomic E-state index is -0.136. The van der Waals surface area contributed by atoms with Crippen molar-refractivity contribution in [1.82, 2.24) is 9.97 Å². The number of aryl methyl sites for hydroxylation is 1. The number of thioether (sulfide) groups is 1. The van der Waals surface area contributed by atoms with Crippen LogP contribution in [0.2, 0.25) is 0 Å². The second kappa shape index (κ2) is 6.16. The van der Waals surface area contributed by atoms with Crippen LogP contribution in [0, 0.1) is 6.92 Å². The van der Waals surface area contributed by atoms with E-state index in [9.17, 15) is 4.79 Å². The summed E-state index contributed by atoms with van der Waals surface area (Å²) in [6, 6.07) is 11.5. The highest BCUT2D eigenvalue weighted by Gasteiger charge is 2.14. The van der Waals surface area contributed by atoms with E-state index in [-0.39, 0.29) is 5.91 Å². The third kappa shape index (κ3) is 2.79. The van der Waals surface area contributed by atoms with Gasteiger partial charge in [-0.2, -0.15) is 0 Å². The molecule has 0 saturated heterocycles. The van der Waals surface area contributed by atoms with Gasteiger partial charge in [-0.05, 0) is 37.4 Å². The molecule has 0 aliphatic heterocycles. The second-order valence-electron chi connectivity index (χ2n) is 5.29. The van der Waals surface area contributed by atoms with Crippen LogP contribution in [-0.4, -0.2) is 22.1 Å². The zero-order valence-corrected chi connectivity index (χ0v) is 15.4. The SMILES string of the molecule is CSc1nc2ccc3nc(NC(=O)c4cccc(C)c4)sc3c2s1. The molecule has 0 fully saturated rings. The number of hydrogen-bond acceptors (Lipinski definition) is 6. The number of thiazole rings is 2. The summed E-state index contributed by atoms with van der Waals surface area (Å²) >= 11 is 4.80. The molecular weight excluding hydrogens is 358 g/mol. The lowest BCUT2D eigenvalue weighted by molar-refractivity contribution is 0.102. The summed E-state index contributed by atoms with van der Waals surface area (Å²) < 4.78 is 3.24. The topological polar surface area (TPSA) is 54.9 Å². The predicted molar refractivity (Wildman–Crippen MR) is 104 cm³/mol. The number of fused-ring (bicyclic) bond motifs is 3. The zero-order chi connectivity index (χ0) is 16.7. The van der Waals surface area contributed by atoms with Gasteiger partial charge in [0.15, 0.2) is 9.47 Å². The predicted octanol–water partition coefficient (Wildman–Crippen LogP) is 5.19. The van der Waals surface area contributed by atoms with Crippen molar-refractivity contribution in [2.24, 2.45) is 0 Å². The van der Waals surface area contributed by atoms with E-state index in [1.807, 2.05) is 49.6 Å². The van der Waals surface area contributed by atoms with Crippen molar-refractivity contribution in [3.8, 4) is 0 Å². The fraction of sp³-hybridized carbons (Fsp3) is 0.118. The Balaban J connectivity index is 1.71. The number of rotatable bonds is 3. The number of carbonyl (C=O) groups excluding carboxylic acids is 1. The Morgan fingerprint density at radius 1 is 1.08 bits per heavy atom. The van der Waals surface area contributed by atoms with Crippen LogP contribution in [0.3, 0.4) is 0 Å². The van der Waals surface area contributed by atoms with Gasteiger partial charge < -0.3 is 0 Å². The number of anilines is 1. The maximum atomic E-state index is 12.4. The molecule has 4 rings (SSSR count). The van der Waals surface area contributed by atoms with E-state index < -0.39 is 0 Å². The van der Waals surface area contributed by atoms with Crippen LogP contribution in [0.25, 0.3) is 20.4 Å². The highest BCUT2D eigenvalue weighted by atomic mass is 32.2. The molecule has 2 aromatic carbocycles. The van der Waals surface area contributed by atoms with E-state index in [1.165, 1.54) is 11.3 Å². The number of nitrogens with zero attached hydrogens (tertiary/aromatic N) is 2. The number of amides is 1. The molecule has 0 aliphatic carbocycles. The number of carbonyl (C=O) groups is 1. The van der Waals surface area contributed by atoms with Crippen molar-refractivity contribution < 1.29 is 4.79 Å². The summed E-state index contributed by atoms with van der Waals surface area (Å²) in [5.74, 6) is -0.136. The molecule has 0 unspecified atom stereocenters. The molecule has 0 aliphatic rings. The van der Waals surface area contributed by atoms with Crippen LogP contribution in [0.5, 0.6) is 0 Å². The Hall–Kier alpha value is -1.96. The molecule has 4 nitrogen and oxygen atoms in total. The van der Waals surface area contributed by atoms with Gasteiger partial charge in [0.25, 0.3) is 5.91 Å². The Morgan fingerprint density at radius 3 is 2.58 bits per heavy atom. The van der Waals surface area contributed by atoms with Gasteiger partial charge in [0.2, 0.25) is 0 Å². The van der Waals surface area contributed by atoms with Gasteiger partial charge in [0.1, 0.15) is 0 Å². The molecular formula is C17H13N3OS3. The molecule has 2 heterocycles. The Morgan fingerprint density at radius 2 is 1.83 bits per heavy atom. The minimum absolute atomic E-state index is 0.136. The molecule has 7 heteroatoms. The van der Waals surface area contributed by atoms with Crippen molar-refractivity contribution in [3.63, 3.8) is 0 Å². The lowest BCUT2D eigenvalue weighted by Gasteiger charge is -2.02. The Kier molecular flexibility index (Phi) is 3.99. The highest BCUT2D eigenvalue weighted by molar-refractivity contribution is 8.00. The van der Waals surface area contributed by atoms with Gasteiger partial charge in [0, 0.05) is 5.56 Å². The summed E-state index contributed by atoms with van der Waals surface area (Å²) in [7, 11) is 0. The van der Waals surface area contributed by atoms with Crippen LogP contribution in [0.1, 0.15) is 15.9 Å². The van der Waals surface area contributed by atoms with Crippen LogP contribution in [0.4, 0.5) is 5.13 Å². The van der Waals surface area contributed by atoms with Crippen LogP contribution >= 0.6 is 34.4 Å². The molecule has 0 saturated carbocycles. The molecule has 120 valence electrons. The van der Waals surface area contributed by atoms with Crippen molar-refractivity contribution in [3.05, 3.63) is 47.5 Å². The molecule has 2 aromatic heterocycles. The zero-order valence-electron chi connectivity index (χ0n) is 13.0. The van der Waals surface area contributed by atoms with Crippen LogP contribution in [-0.2, 0) is 0 Å². The van der Waals surface area contributed by atoms with Gasteiger partial charge in [0.05, 0.1) is 20.4 Å². The van der Waals surface area contributed by atoms with E-state index in [0.29, 0.717) is 10.7 Å². The van der Waals surface area contributed by atoms with E-state index in [4.69, 9.17) is 0 Å². The fourth-order valence-electron chi connectivity index (χ4n) is 2.45. The minimum Gasteiger partial charge on any atom is -0.298 e. The van der Waals surface area contributed by atoms with E-state index in [2.05, 4.69) is 15.3 Å². The number of aromatic nitrogens is 2. The number of hydrogen-bond donors (Lipinski definition) is 1. The lowest BCUT2D eigenvalue weighted by atomic mass is 10.1. The van der Waals surface area contributed by atoms with E-state index in [1.54, 1.807) is 23.1 Å². The average Bonchev–Trinajstić information content (AvgIpc) is 3.17. The van der Waals surface area contributed by atoms with E-state index >= 15 is 0 Å². The van der Waals surface area contributed by atoms with Crippen molar-refractivity contribution >= 4 is 65.9 Å². The smallest absolute Gasteiger partial charge is 0.257 e. The quantitative estimate of drug-likeness (QED) is 0.504. The van der Waals surface area contributed by atoms with Gasteiger partial charge in [-0.15, -0.1) is 11.3 Å². The summed E-state index contributed by atoms with van der Waals surface area (Å²) in [5, 5.41) is 3.52.